The van der Waals surface area contributed by atoms with Gasteiger partial charge in [-0.25, -0.2) is 4.98 Å². The van der Waals surface area contributed by atoms with Gasteiger partial charge in [0.05, 0.1) is 23.6 Å². The van der Waals surface area contributed by atoms with Crippen LogP contribution in [0.4, 0.5) is 0 Å². The van der Waals surface area contributed by atoms with E-state index in [9.17, 15) is 0 Å². The Morgan fingerprint density at radius 2 is 1.52 bits per heavy atom. The third-order valence-corrected chi connectivity index (χ3v) is 3.82. The van der Waals surface area contributed by atoms with E-state index in [-0.39, 0.29) is 0 Å². The van der Waals surface area contributed by atoms with Crippen LogP contribution >= 0.6 is 0 Å². The fourth-order valence-electron chi connectivity index (χ4n) is 2.79. The monoisotopic (exact) mass is 373 g/mol. The summed E-state index contributed by atoms with van der Waals surface area (Å²) in [6, 6.07) is 8.23. The van der Waals surface area contributed by atoms with Gasteiger partial charge in [0.15, 0.2) is 0 Å². The molecule has 6 heteroatoms. The van der Waals surface area contributed by atoms with Crippen molar-refractivity contribution in [2.24, 2.45) is 5.92 Å². The van der Waals surface area contributed by atoms with Crippen molar-refractivity contribution in [1.29, 1.82) is 0 Å². The molecule has 0 N–H and O–H groups in total. The molecule has 3 aromatic rings. The van der Waals surface area contributed by atoms with E-state index in [2.05, 4.69) is 40.5 Å². The second-order valence-corrected chi connectivity index (χ2v) is 6.45. The Labute approximate surface area is 161 Å². The topological polar surface area (TPSA) is 58.4 Å². The van der Waals surface area contributed by atoms with Crippen molar-refractivity contribution in [3.05, 3.63) is 36.8 Å². The molecule has 0 amide bonds. The van der Waals surface area contributed by atoms with Crippen LogP contribution in [0.2, 0.25) is 0 Å². The Morgan fingerprint density at radius 3 is 2.11 bits per heavy atom. The van der Waals surface area contributed by atoms with Crippen molar-refractivity contribution in [3.63, 3.8) is 0 Å². The van der Waals surface area contributed by atoms with Crippen molar-refractivity contribution in [3.8, 4) is 0 Å². The normalized spacial score (nSPS) is 11.4. The summed E-state index contributed by atoms with van der Waals surface area (Å²) in [6.07, 6.45) is 3.77. The van der Waals surface area contributed by atoms with E-state index in [1.165, 1.54) is 10.9 Å². The number of nitrogens with zero attached hydrogens (tertiary/aromatic N) is 3. The molecule has 0 fully saturated rings. The van der Waals surface area contributed by atoms with Crippen molar-refractivity contribution in [2.45, 2.75) is 47.6 Å². The lowest BCUT2D eigenvalue weighted by molar-refractivity contribution is -0.282. The summed E-state index contributed by atoms with van der Waals surface area (Å²) in [4.78, 5) is 8.85. The number of aromatic nitrogens is 3. The standard InChI is InChI=1S/C14H15N3.C7H16O3/c1-10(2)8-17-9-16-13-7-15-12-6-4-3-5-11(12)14(13)17;1-4-8-7(9-5-2)10-6-3/h3-7,9-10H,8H2,1-2H3;7H,4-6H2,1-3H3. The van der Waals surface area contributed by atoms with Gasteiger partial charge >= 0.3 is 0 Å². The SMILES string of the molecule is CC(C)Cn1cnc2cnc3ccccc3c21.CCOC(OCC)OCC. The molecule has 6 nitrogen and oxygen atoms in total. The summed E-state index contributed by atoms with van der Waals surface area (Å²) in [5.74, 6) is 0.610. The fourth-order valence-corrected chi connectivity index (χ4v) is 2.79. The molecule has 2 aromatic heterocycles. The van der Waals surface area contributed by atoms with Crippen LogP contribution in [0, 0.1) is 5.92 Å². The number of rotatable bonds is 8. The molecule has 0 atom stereocenters. The summed E-state index contributed by atoms with van der Waals surface area (Å²) >= 11 is 0. The van der Waals surface area contributed by atoms with Crippen LogP contribution in [0.25, 0.3) is 21.9 Å². The molecule has 0 saturated heterocycles. The van der Waals surface area contributed by atoms with E-state index < -0.39 is 6.48 Å². The second-order valence-electron chi connectivity index (χ2n) is 6.45. The van der Waals surface area contributed by atoms with Gasteiger partial charge in [0, 0.05) is 31.8 Å². The van der Waals surface area contributed by atoms with Crippen LogP contribution in [0.3, 0.4) is 0 Å². The Kier molecular flexibility index (Phi) is 8.64. The molecule has 1 aromatic carbocycles. The maximum atomic E-state index is 5.08. The van der Waals surface area contributed by atoms with Gasteiger partial charge in [-0.05, 0) is 32.8 Å². The van der Waals surface area contributed by atoms with Gasteiger partial charge in [-0.1, -0.05) is 32.0 Å². The quantitative estimate of drug-likeness (QED) is 0.539. The summed E-state index contributed by atoms with van der Waals surface area (Å²) in [5, 5.41) is 1.18. The summed E-state index contributed by atoms with van der Waals surface area (Å²) in [7, 11) is 0. The van der Waals surface area contributed by atoms with Crippen molar-refractivity contribution < 1.29 is 14.2 Å². The molecule has 0 aliphatic heterocycles. The van der Waals surface area contributed by atoms with E-state index in [4.69, 9.17) is 14.2 Å². The van der Waals surface area contributed by atoms with Gasteiger partial charge in [0.2, 0.25) is 0 Å². The molecule has 2 heterocycles. The van der Waals surface area contributed by atoms with E-state index in [0.29, 0.717) is 25.7 Å². The lowest BCUT2D eigenvalue weighted by atomic mass is 10.2. The Hall–Kier alpha value is -2.02. The Bertz CT molecular complexity index is 802. The Balaban J connectivity index is 0.000000227. The summed E-state index contributed by atoms with van der Waals surface area (Å²) in [5.41, 5.74) is 3.21. The van der Waals surface area contributed by atoms with Crippen LogP contribution in [0.1, 0.15) is 34.6 Å². The maximum absolute atomic E-state index is 5.08. The summed E-state index contributed by atoms with van der Waals surface area (Å²) in [6.45, 7) is 12.5. The molecule has 27 heavy (non-hydrogen) atoms. The zero-order valence-electron chi connectivity index (χ0n) is 17.0. The first-order valence-corrected chi connectivity index (χ1v) is 9.64. The van der Waals surface area contributed by atoms with E-state index >= 15 is 0 Å². The van der Waals surface area contributed by atoms with E-state index in [1.807, 2.05) is 45.4 Å². The van der Waals surface area contributed by atoms with Gasteiger partial charge in [-0.15, -0.1) is 0 Å². The minimum atomic E-state index is -0.472. The number of benzene rings is 1. The highest BCUT2D eigenvalue weighted by atomic mass is 16.8. The maximum Gasteiger partial charge on any atom is 0.271 e. The average molecular weight is 373 g/mol. The zero-order valence-corrected chi connectivity index (χ0v) is 17.0. The zero-order chi connectivity index (χ0) is 19.6. The van der Waals surface area contributed by atoms with Gasteiger partial charge < -0.3 is 18.8 Å². The third kappa shape index (κ3) is 5.99. The predicted octanol–water partition coefficient (Wildman–Crippen LogP) is 4.62. The minimum Gasteiger partial charge on any atom is -0.330 e. The van der Waals surface area contributed by atoms with Crippen LogP contribution in [0.15, 0.2) is 36.8 Å². The van der Waals surface area contributed by atoms with Crippen molar-refractivity contribution >= 4 is 21.9 Å². The largest absolute Gasteiger partial charge is 0.330 e. The van der Waals surface area contributed by atoms with E-state index in [1.54, 1.807) is 0 Å². The van der Waals surface area contributed by atoms with Crippen molar-refractivity contribution in [1.82, 2.24) is 14.5 Å². The molecule has 0 bridgehead atoms. The molecule has 0 aliphatic carbocycles. The lowest BCUT2D eigenvalue weighted by Crippen LogP contribution is -2.20. The van der Waals surface area contributed by atoms with Crippen LogP contribution in [-0.2, 0) is 20.8 Å². The number of fused-ring (bicyclic) bond motifs is 3. The molecule has 3 rings (SSSR count). The van der Waals surface area contributed by atoms with Gasteiger partial charge in [0.1, 0.15) is 5.52 Å². The molecule has 0 aliphatic rings. The Morgan fingerprint density at radius 1 is 0.889 bits per heavy atom. The van der Waals surface area contributed by atoms with Crippen LogP contribution < -0.4 is 0 Å². The highest BCUT2D eigenvalue weighted by Crippen LogP contribution is 2.23. The highest BCUT2D eigenvalue weighted by molar-refractivity contribution is 6.01. The highest BCUT2D eigenvalue weighted by Gasteiger charge is 2.08. The van der Waals surface area contributed by atoms with Gasteiger partial charge in [-0.3, -0.25) is 4.98 Å². The fraction of sp³-hybridized carbons (Fsp3) is 0.524. The van der Waals surface area contributed by atoms with Crippen molar-refractivity contribution in [2.75, 3.05) is 19.8 Å². The third-order valence-electron chi connectivity index (χ3n) is 3.82. The molecular formula is C21H31N3O3. The number of imidazole rings is 1. The minimum absolute atomic E-state index is 0.472. The molecular weight excluding hydrogens is 342 g/mol. The smallest absolute Gasteiger partial charge is 0.271 e. The van der Waals surface area contributed by atoms with Crippen LogP contribution in [0.5, 0.6) is 0 Å². The van der Waals surface area contributed by atoms with Crippen LogP contribution in [-0.4, -0.2) is 40.8 Å². The number of para-hydroxylation sites is 1. The second kappa shape index (κ2) is 11.0. The summed E-state index contributed by atoms with van der Waals surface area (Å²) < 4.78 is 17.5. The number of pyridine rings is 1. The molecule has 148 valence electrons. The first-order chi connectivity index (χ1) is 13.1. The average Bonchev–Trinajstić information content (AvgIpc) is 3.06. The predicted molar refractivity (Wildman–Crippen MR) is 109 cm³/mol. The molecule has 0 saturated carbocycles. The number of hydrogen-bond acceptors (Lipinski definition) is 5. The van der Waals surface area contributed by atoms with Gasteiger partial charge in [-0.2, -0.15) is 0 Å². The molecule has 0 unspecified atom stereocenters. The molecule has 0 radical (unpaired) electrons. The first-order valence-electron chi connectivity index (χ1n) is 9.64. The van der Waals surface area contributed by atoms with Gasteiger partial charge in [0.25, 0.3) is 6.48 Å². The number of ether oxygens (including phenoxy) is 3. The number of hydrogen-bond donors (Lipinski definition) is 0. The van der Waals surface area contributed by atoms with E-state index in [0.717, 1.165) is 17.6 Å². The lowest BCUT2D eigenvalue weighted by Gasteiger charge is -2.15. The molecule has 0 spiro atoms. The first kappa shape index (κ1) is 21.3.